The molecule has 4 heterocycles. The third-order valence-corrected chi connectivity index (χ3v) is 8.46. The predicted octanol–water partition coefficient (Wildman–Crippen LogP) is 0.0281. The highest BCUT2D eigenvalue weighted by Gasteiger charge is 2.55. The number of hydrogen-bond acceptors (Lipinski definition) is 11. The summed E-state index contributed by atoms with van der Waals surface area (Å²) in [5.41, 5.74) is 8.96. The van der Waals surface area contributed by atoms with E-state index in [-0.39, 0.29) is 22.2 Å². The average Bonchev–Trinajstić information content (AvgIpc) is 3.34. The molecule has 5 rings (SSSR count). The number of hydrogen-bond donors (Lipinski definition) is 5. The topological polar surface area (TPSA) is 226 Å². The zero-order chi connectivity index (χ0) is 29.9. The third kappa shape index (κ3) is 7.02. The number of fused-ring (bicyclic) bond motifs is 2. The maximum absolute atomic E-state index is 13.1. The van der Waals surface area contributed by atoms with Crippen molar-refractivity contribution < 1.29 is 46.4 Å². The van der Waals surface area contributed by atoms with Crippen molar-refractivity contribution in [3.8, 4) is 0 Å². The number of aryl methyl sites for hydroxylation is 1. The molecular formula is C23H27N6O9S3+. The molecule has 0 unspecified atom stereocenters. The highest BCUT2D eigenvalue weighted by atomic mass is 32.3. The molecule has 1 fully saturated rings. The number of nitrogens with two attached hydrogens (primary N) is 1. The van der Waals surface area contributed by atoms with Gasteiger partial charge in [0.05, 0.1) is 0 Å². The molecule has 2 amide bonds. The second kappa shape index (κ2) is 12.5. The number of nitrogens with zero attached hydrogens (tertiary/aromatic N) is 4. The Morgan fingerprint density at radius 3 is 2.66 bits per heavy atom. The molecule has 2 aliphatic heterocycles. The molecule has 15 nitrogen and oxygen atoms in total. The van der Waals surface area contributed by atoms with E-state index in [1.807, 2.05) is 12.3 Å². The number of oxime groups is 1. The molecule has 18 heteroatoms. The summed E-state index contributed by atoms with van der Waals surface area (Å²) in [6.07, 6.45) is 6.20. The normalized spacial score (nSPS) is 20.2. The Morgan fingerprint density at radius 2 is 2.02 bits per heavy atom. The Balaban J connectivity index is 0.000000714. The van der Waals surface area contributed by atoms with E-state index in [1.54, 1.807) is 5.38 Å². The van der Waals surface area contributed by atoms with Gasteiger partial charge in [0, 0.05) is 34.8 Å². The smallest absolute Gasteiger partial charge is 0.394 e. The van der Waals surface area contributed by atoms with Crippen molar-refractivity contribution in [2.75, 3.05) is 18.6 Å². The molecular weight excluding hydrogens is 600 g/mol. The number of aliphatic carboxylic acids is 1. The van der Waals surface area contributed by atoms with Crippen molar-refractivity contribution in [2.24, 2.45) is 5.16 Å². The summed E-state index contributed by atoms with van der Waals surface area (Å²) in [5.74, 6) is -1.86. The quantitative estimate of drug-likeness (QED) is 0.0901. The van der Waals surface area contributed by atoms with Gasteiger partial charge in [-0.3, -0.25) is 23.6 Å². The first kappa shape index (κ1) is 30.4. The molecule has 2 aromatic heterocycles. The van der Waals surface area contributed by atoms with Crippen molar-refractivity contribution in [1.29, 1.82) is 0 Å². The maximum Gasteiger partial charge on any atom is 0.394 e. The van der Waals surface area contributed by atoms with E-state index >= 15 is 0 Å². The number of β-lactam (4-membered cyclic amide) rings is 1. The number of carbonyl (C=O) groups is 3. The van der Waals surface area contributed by atoms with Gasteiger partial charge in [-0.25, -0.2) is 9.78 Å². The number of pyridine rings is 1. The zero-order valence-electron chi connectivity index (χ0n) is 21.6. The van der Waals surface area contributed by atoms with Crippen LogP contribution in [-0.4, -0.2) is 80.3 Å². The lowest BCUT2D eigenvalue weighted by Crippen LogP contribution is -2.71. The van der Waals surface area contributed by atoms with E-state index in [1.165, 1.54) is 35.0 Å². The number of aromatic nitrogens is 2. The molecule has 0 saturated carbocycles. The van der Waals surface area contributed by atoms with Crippen LogP contribution in [0.5, 0.6) is 0 Å². The number of carbonyl (C=O) groups excluding carboxylic acids is 2. The molecule has 2 aromatic rings. The molecule has 0 spiro atoms. The summed E-state index contributed by atoms with van der Waals surface area (Å²) in [7, 11) is -3.37. The molecule has 3 aliphatic rings. The van der Waals surface area contributed by atoms with Gasteiger partial charge in [-0.2, -0.15) is 13.0 Å². The van der Waals surface area contributed by atoms with Crippen LogP contribution < -0.4 is 15.6 Å². The highest BCUT2D eigenvalue weighted by Crippen LogP contribution is 2.40. The van der Waals surface area contributed by atoms with Crippen molar-refractivity contribution in [2.45, 2.75) is 43.6 Å². The van der Waals surface area contributed by atoms with Gasteiger partial charge >= 0.3 is 16.4 Å². The molecule has 0 bridgehead atoms. The first-order valence-corrected chi connectivity index (χ1v) is 15.4. The van der Waals surface area contributed by atoms with Crippen LogP contribution in [0.25, 0.3) is 0 Å². The van der Waals surface area contributed by atoms with Gasteiger partial charge < -0.3 is 21.0 Å². The van der Waals surface area contributed by atoms with Crippen molar-refractivity contribution in [3.05, 3.63) is 51.9 Å². The molecule has 41 heavy (non-hydrogen) atoms. The predicted molar refractivity (Wildman–Crippen MR) is 147 cm³/mol. The fourth-order valence-electron chi connectivity index (χ4n) is 4.83. The fraction of sp³-hybridized carbons (Fsp3) is 0.391. The van der Waals surface area contributed by atoms with Crippen LogP contribution in [0.15, 0.2) is 40.1 Å². The summed E-state index contributed by atoms with van der Waals surface area (Å²) in [6.45, 7) is 0.404. The molecule has 0 aromatic carbocycles. The highest BCUT2D eigenvalue weighted by molar-refractivity contribution is 8.00. The van der Waals surface area contributed by atoms with E-state index < -0.39 is 39.6 Å². The first-order chi connectivity index (χ1) is 19.4. The summed E-state index contributed by atoms with van der Waals surface area (Å²) < 4.78 is 33.7. The average molecular weight is 628 g/mol. The van der Waals surface area contributed by atoms with Crippen LogP contribution >= 0.6 is 23.1 Å². The standard InChI is InChI=1S/C23H24N6O5S2.H2O4S/c1-34-27-16(14-11-36-23(24)25-14)19(30)26-17-20(31)29-18(22(32)33)13(10-35-21(17)29)9-28-8-4-6-12-5-2-3-7-15(12)28;1-5(2,3)4/h4,6,8,11,17,21H,2-3,5,7,9-10H2,1H3,(H3-,24,25,26,30,32,33);(H2,1,2,3,4)/p+1/b27-16+;/t17-,21-;/m1./s1. The third-order valence-electron chi connectivity index (χ3n) is 6.45. The second-order valence-corrected chi connectivity index (χ2v) is 12.0. The monoisotopic (exact) mass is 627 g/mol. The van der Waals surface area contributed by atoms with E-state index in [4.69, 9.17) is 28.1 Å². The Hall–Kier alpha value is -3.58. The molecule has 220 valence electrons. The Bertz CT molecular complexity index is 1530. The van der Waals surface area contributed by atoms with Gasteiger partial charge in [-0.1, -0.05) is 5.16 Å². The number of thiazole rings is 1. The molecule has 2 atom stereocenters. The van der Waals surface area contributed by atoms with Gasteiger partial charge in [-0.05, 0) is 25.3 Å². The first-order valence-electron chi connectivity index (χ1n) is 12.1. The van der Waals surface area contributed by atoms with E-state index in [0.717, 1.165) is 37.0 Å². The lowest BCUT2D eigenvalue weighted by atomic mass is 9.95. The molecule has 1 saturated heterocycles. The van der Waals surface area contributed by atoms with Crippen LogP contribution in [0, 0.1) is 0 Å². The van der Waals surface area contributed by atoms with Crippen LogP contribution in [0.3, 0.4) is 0 Å². The van der Waals surface area contributed by atoms with Gasteiger partial charge in [0.15, 0.2) is 29.3 Å². The molecule has 1 aliphatic carbocycles. The minimum absolute atomic E-state index is 0.00628. The van der Waals surface area contributed by atoms with Crippen molar-refractivity contribution in [3.63, 3.8) is 0 Å². The van der Waals surface area contributed by atoms with E-state index in [9.17, 15) is 19.5 Å². The number of carboxylic acids is 1. The van der Waals surface area contributed by atoms with Gasteiger partial charge in [0.2, 0.25) is 0 Å². The Labute approximate surface area is 242 Å². The number of carboxylic acid groups (broad SMARTS) is 1. The number of nitrogens with one attached hydrogen (secondary N) is 1. The Kier molecular flexibility index (Phi) is 9.27. The SMILES string of the molecule is CO/N=C(/C(=O)N[C@@H]1C(=O)N2C(C(=O)O)=C(C[n+]3cccc4c3CCCC4)CS[C@H]12)c1csc(N)n1.O=S(=O)(O)O. The number of anilines is 1. The summed E-state index contributed by atoms with van der Waals surface area (Å²) in [6, 6.07) is 3.21. The summed E-state index contributed by atoms with van der Waals surface area (Å²) >= 11 is 2.57. The summed E-state index contributed by atoms with van der Waals surface area (Å²) in [5, 5.41) is 17.7. The fourth-order valence-corrected chi connectivity index (χ4v) is 6.72. The van der Waals surface area contributed by atoms with Crippen LogP contribution in [-0.2, 0) is 49.0 Å². The van der Waals surface area contributed by atoms with Crippen LogP contribution in [0.1, 0.15) is 29.8 Å². The number of amides is 2. The minimum atomic E-state index is -4.67. The van der Waals surface area contributed by atoms with Gasteiger partial charge in [0.25, 0.3) is 11.8 Å². The second-order valence-electron chi connectivity index (χ2n) is 9.07. The Morgan fingerprint density at radius 1 is 1.32 bits per heavy atom. The zero-order valence-corrected chi connectivity index (χ0v) is 24.0. The maximum atomic E-state index is 13.1. The number of thioether (sulfide) groups is 1. The van der Waals surface area contributed by atoms with E-state index in [0.29, 0.717) is 17.9 Å². The van der Waals surface area contributed by atoms with Crippen molar-refractivity contribution >= 4 is 62.1 Å². The minimum Gasteiger partial charge on any atom is -0.477 e. The van der Waals surface area contributed by atoms with E-state index in [2.05, 4.69) is 26.1 Å². The van der Waals surface area contributed by atoms with Gasteiger partial charge in [-0.15, -0.1) is 23.1 Å². The largest absolute Gasteiger partial charge is 0.477 e. The van der Waals surface area contributed by atoms with Crippen LogP contribution in [0.4, 0.5) is 5.13 Å². The van der Waals surface area contributed by atoms with Crippen LogP contribution in [0.2, 0.25) is 0 Å². The summed E-state index contributed by atoms with van der Waals surface area (Å²) in [4.78, 5) is 48.4. The lowest BCUT2D eigenvalue weighted by Gasteiger charge is -2.49. The number of rotatable bonds is 7. The lowest BCUT2D eigenvalue weighted by molar-refractivity contribution is -0.697. The number of nitrogen functional groups attached to an aromatic ring is 1. The van der Waals surface area contributed by atoms with Gasteiger partial charge in [0.1, 0.15) is 29.9 Å². The van der Waals surface area contributed by atoms with Crippen molar-refractivity contribution in [1.82, 2.24) is 15.2 Å². The molecule has 0 radical (unpaired) electrons. The molecule has 6 N–H and O–H groups in total.